The summed E-state index contributed by atoms with van der Waals surface area (Å²) in [6.07, 6.45) is 1.26. The molecule has 0 bridgehead atoms. The predicted molar refractivity (Wildman–Crippen MR) is 79.4 cm³/mol. The summed E-state index contributed by atoms with van der Waals surface area (Å²) in [5.41, 5.74) is 4.10. The van der Waals surface area contributed by atoms with E-state index in [9.17, 15) is 0 Å². The molecule has 2 aromatic carbocycles. The molecule has 0 aliphatic carbocycles. The van der Waals surface area contributed by atoms with Crippen molar-refractivity contribution in [2.45, 2.75) is 12.3 Å². The van der Waals surface area contributed by atoms with E-state index in [1.807, 2.05) is 0 Å². The molecule has 18 heavy (non-hydrogen) atoms. The third kappa shape index (κ3) is 2.74. The van der Waals surface area contributed by atoms with E-state index in [0.717, 1.165) is 13.1 Å². The molecule has 1 atom stereocenters. The van der Waals surface area contributed by atoms with Gasteiger partial charge >= 0.3 is 0 Å². The van der Waals surface area contributed by atoms with E-state index in [1.54, 1.807) is 0 Å². The second-order valence-electron chi connectivity index (χ2n) is 4.68. The van der Waals surface area contributed by atoms with Crippen LogP contribution in [0.3, 0.4) is 0 Å². The first-order valence-corrected chi connectivity index (χ1v) is 6.29. The van der Waals surface area contributed by atoms with Crippen LogP contribution in [0.5, 0.6) is 0 Å². The number of halogens is 1. The third-order valence-corrected chi connectivity index (χ3v) is 3.53. The standard InChI is InChI=1S/C16H17N.ClH/c1-2-5-13(6-3-1)14-7-4-8-15(11-14)16-9-10-17-12-16;/h1-8,11,16-17H,9-10,12H2;1H. The largest absolute Gasteiger partial charge is 0.316 e. The first kappa shape index (κ1) is 13.1. The van der Waals surface area contributed by atoms with Gasteiger partial charge in [0.2, 0.25) is 0 Å². The molecule has 1 unspecified atom stereocenters. The fourth-order valence-electron chi connectivity index (χ4n) is 2.54. The molecule has 2 aromatic rings. The van der Waals surface area contributed by atoms with Gasteiger partial charge in [-0.25, -0.2) is 0 Å². The molecule has 0 amide bonds. The zero-order valence-electron chi connectivity index (χ0n) is 10.3. The minimum absolute atomic E-state index is 0. The molecule has 0 saturated carbocycles. The maximum absolute atomic E-state index is 3.43. The van der Waals surface area contributed by atoms with Crippen molar-refractivity contribution in [1.82, 2.24) is 5.32 Å². The molecule has 94 valence electrons. The molecule has 1 heterocycles. The molecule has 1 aliphatic heterocycles. The van der Waals surface area contributed by atoms with Gasteiger partial charge < -0.3 is 5.32 Å². The van der Waals surface area contributed by atoms with Crippen LogP contribution >= 0.6 is 12.4 Å². The summed E-state index contributed by atoms with van der Waals surface area (Å²) >= 11 is 0. The van der Waals surface area contributed by atoms with E-state index in [0.29, 0.717) is 5.92 Å². The Morgan fingerprint density at radius 3 is 2.39 bits per heavy atom. The van der Waals surface area contributed by atoms with Crippen molar-refractivity contribution in [2.75, 3.05) is 13.1 Å². The second-order valence-corrected chi connectivity index (χ2v) is 4.68. The Labute approximate surface area is 115 Å². The van der Waals surface area contributed by atoms with Gasteiger partial charge in [0.1, 0.15) is 0 Å². The van der Waals surface area contributed by atoms with Gasteiger partial charge in [-0.3, -0.25) is 0 Å². The molecule has 0 spiro atoms. The molecular formula is C16H18ClN. The van der Waals surface area contributed by atoms with Gasteiger partial charge in [0, 0.05) is 6.54 Å². The topological polar surface area (TPSA) is 12.0 Å². The number of hydrogen-bond donors (Lipinski definition) is 1. The van der Waals surface area contributed by atoms with Gasteiger partial charge in [0.05, 0.1) is 0 Å². The van der Waals surface area contributed by atoms with E-state index >= 15 is 0 Å². The lowest BCUT2D eigenvalue weighted by molar-refractivity contribution is 0.764. The van der Waals surface area contributed by atoms with Crippen LogP contribution in [0.2, 0.25) is 0 Å². The van der Waals surface area contributed by atoms with Crippen molar-refractivity contribution in [2.24, 2.45) is 0 Å². The molecule has 0 aromatic heterocycles. The average Bonchev–Trinajstić information content (AvgIpc) is 2.94. The maximum Gasteiger partial charge on any atom is 0.00206 e. The highest BCUT2D eigenvalue weighted by Crippen LogP contribution is 2.27. The van der Waals surface area contributed by atoms with Crippen molar-refractivity contribution in [3.05, 3.63) is 60.2 Å². The summed E-state index contributed by atoms with van der Waals surface area (Å²) in [7, 11) is 0. The first-order valence-electron chi connectivity index (χ1n) is 6.29. The lowest BCUT2D eigenvalue weighted by atomic mass is 9.94. The number of nitrogens with one attached hydrogen (secondary N) is 1. The highest BCUT2D eigenvalue weighted by molar-refractivity contribution is 5.85. The summed E-state index contributed by atoms with van der Waals surface area (Å²) in [4.78, 5) is 0. The molecular weight excluding hydrogens is 242 g/mol. The minimum Gasteiger partial charge on any atom is -0.316 e. The molecule has 1 fully saturated rings. The Hall–Kier alpha value is -1.31. The zero-order chi connectivity index (χ0) is 11.5. The van der Waals surface area contributed by atoms with Crippen LogP contribution in [0.15, 0.2) is 54.6 Å². The van der Waals surface area contributed by atoms with E-state index in [4.69, 9.17) is 0 Å². The van der Waals surface area contributed by atoms with Gasteiger partial charge in [0.25, 0.3) is 0 Å². The zero-order valence-corrected chi connectivity index (χ0v) is 11.1. The summed E-state index contributed by atoms with van der Waals surface area (Å²) < 4.78 is 0. The SMILES string of the molecule is Cl.c1ccc(-c2cccc(C3CCNC3)c2)cc1. The van der Waals surface area contributed by atoms with Crippen molar-refractivity contribution in [1.29, 1.82) is 0 Å². The van der Waals surface area contributed by atoms with Crippen LogP contribution < -0.4 is 5.32 Å². The molecule has 3 rings (SSSR count). The molecule has 1 aliphatic rings. The second kappa shape index (κ2) is 6.03. The number of hydrogen-bond acceptors (Lipinski definition) is 1. The van der Waals surface area contributed by atoms with Gasteiger partial charge in [-0.2, -0.15) is 0 Å². The monoisotopic (exact) mass is 259 g/mol. The van der Waals surface area contributed by atoms with E-state index in [2.05, 4.69) is 59.9 Å². The predicted octanol–water partition coefficient (Wildman–Crippen LogP) is 3.85. The minimum atomic E-state index is 0. The normalized spacial score (nSPS) is 18.3. The van der Waals surface area contributed by atoms with Crippen LogP contribution in [0, 0.1) is 0 Å². The summed E-state index contributed by atoms with van der Waals surface area (Å²) in [5.74, 6) is 0.693. The highest BCUT2D eigenvalue weighted by Gasteiger charge is 2.16. The summed E-state index contributed by atoms with van der Waals surface area (Å²) in [6.45, 7) is 2.28. The van der Waals surface area contributed by atoms with Crippen LogP contribution in [0.1, 0.15) is 17.9 Å². The fourth-order valence-corrected chi connectivity index (χ4v) is 2.54. The van der Waals surface area contributed by atoms with Gasteiger partial charge in [-0.1, -0.05) is 54.6 Å². The molecule has 2 heteroatoms. The summed E-state index contributed by atoms with van der Waals surface area (Å²) in [6, 6.07) is 19.6. The number of benzene rings is 2. The lowest BCUT2D eigenvalue weighted by Gasteiger charge is -2.10. The van der Waals surface area contributed by atoms with Crippen LogP contribution in [0.25, 0.3) is 11.1 Å². The van der Waals surface area contributed by atoms with E-state index in [1.165, 1.54) is 23.1 Å². The van der Waals surface area contributed by atoms with Crippen molar-refractivity contribution >= 4 is 12.4 Å². The summed E-state index contributed by atoms with van der Waals surface area (Å²) in [5, 5.41) is 3.43. The van der Waals surface area contributed by atoms with Crippen molar-refractivity contribution in [3.8, 4) is 11.1 Å². The smallest absolute Gasteiger partial charge is 0.00206 e. The van der Waals surface area contributed by atoms with Gasteiger partial charge in [-0.05, 0) is 35.6 Å². The molecule has 1 nitrogen and oxygen atoms in total. The van der Waals surface area contributed by atoms with Crippen molar-refractivity contribution in [3.63, 3.8) is 0 Å². The Bertz CT molecular complexity index is 489. The van der Waals surface area contributed by atoms with E-state index in [-0.39, 0.29) is 12.4 Å². The first-order chi connectivity index (χ1) is 8.43. The third-order valence-electron chi connectivity index (χ3n) is 3.53. The number of rotatable bonds is 2. The van der Waals surface area contributed by atoms with Crippen molar-refractivity contribution < 1.29 is 0 Å². The van der Waals surface area contributed by atoms with Gasteiger partial charge in [-0.15, -0.1) is 12.4 Å². The molecule has 1 saturated heterocycles. The Morgan fingerprint density at radius 1 is 0.889 bits per heavy atom. The lowest BCUT2D eigenvalue weighted by Crippen LogP contribution is -2.07. The fraction of sp³-hybridized carbons (Fsp3) is 0.250. The maximum atomic E-state index is 3.43. The Balaban J connectivity index is 0.00000120. The quantitative estimate of drug-likeness (QED) is 0.864. The van der Waals surface area contributed by atoms with Crippen LogP contribution in [-0.2, 0) is 0 Å². The molecule has 1 N–H and O–H groups in total. The van der Waals surface area contributed by atoms with Crippen LogP contribution in [-0.4, -0.2) is 13.1 Å². The van der Waals surface area contributed by atoms with Gasteiger partial charge in [0.15, 0.2) is 0 Å². The Morgan fingerprint density at radius 2 is 1.67 bits per heavy atom. The average molecular weight is 260 g/mol. The van der Waals surface area contributed by atoms with E-state index < -0.39 is 0 Å². The Kier molecular flexibility index (Phi) is 4.40. The molecule has 0 radical (unpaired) electrons. The van der Waals surface area contributed by atoms with Crippen LogP contribution in [0.4, 0.5) is 0 Å². The highest BCUT2D eigenvalue weighted by atomic mass is 35.5.